The summed E-state index contributed by atoms with van der Waals surface area (Å²) in [6.45, 7) is 4.60. The van der Waals surface area contributed by atoms with Gasteiger partial charge in [-0.1, -0.05) is 185 Å². The van der Waals surface area contributed by atoms with Gasteiger partial charge in [-0.05, 0) is 55.0 Å². The largest absolute Gasteiger partial charge is 0.457 e. The van der Waals surface area contributed by atoms with E-state index >= 15 is 0 Å². The fraction of sp³-hybridized carbons (Fsp3) is 0.700. The van der Waals surface area contributed by atoms with Crippen molar-refractivity contribution >= 4 is 0 Å². The van der Waals surface area contributed by atoms with Gasteiger partial charge in [0.05, 0.1) is 0 Å². The van der Waals surface area contributed by atoms with Crippen molar-refractivity contribution in [3.63, 3.8) is 0 Å². The minimum absolute atomic E-state index is 0.950. The van der Waals surface area contributed by atoms with E-state index in [4.69, 9.17) is 4.74 Å². The molecule has 0 saturated carbocycles. The number of aryl methyl sites for hydroxylation is 2. The Morgan fingerprint density at radius 1 is 0.415 bits per heavy atom. The Labute approximate surface area is 256 Å². The van der Waals surface area contributed by atoms with Crippen LogP contribution in [-0.2, 0) is 12.8 Å². The van der Waals surface area contributed by atoms with E-state index in [0.29, 0.717) is 0 Å². The number of unbranched alkanes of at least 4 members (excludes halogenated alkanes) is 22. The van der Waals surface area contributed by atoms with Crippen LogP contribution in [-0.4, -0.2) is 0 Å². The van der Waals surface area contributed by atoms with Crippen LogP contribution in [0.5, 0.6) is 11.5 Å². The molecular formula is C40H66O. The highest BCUT2D eigenvalue weighted by Gasteiger charge is 2.08. The zero-order valence-corrected chi connectivity index (χ0v) is 27.4. The predicted octanol–water partition coefficient (Wildman–Crippen LogP) is 14.0. The first-order valence-electron chi connectivity index (χ1n) is 18.2. The Hall–Kier alpha value is -1.76. The van der Waals surface area contributed by atoms with Gasteiger partial charge >= 0.3 is 0 Å². The lowest BCUT2D eigenvalue weighted by Gasteiger charge is -2.14. The fourth-order valence-corrected chi connectivity index (χ4v) is 6.00. The minimum Gasteiger partial charge on any atom is -0.457 e. The van der Waals surface area contributed by atoms with Crippen LogP contribution < -0.4 is 4.74 Å². The zero-order valence-electron chi connectivity index (χ0n) is 27.4. The average Bonchev–Trinajstić information content (AvgIpc) is 2.99. The molecule has 0 aromatic heterocycles. The van der Waals surface area contributed by atoms with E-state index in [0.717, 1.165) is 17.9 Å². The maximum Gasteiger partial charge on any atom is 0.130 e. The quantitative estimate of drug-likeness (QED) is 0.0937. The van der Waals surface area contributed by atoms with Gasteiger partial charge < -0.3 is 4.74 Å². The third-order valence-electron chi connectivity index (χ3n) is 8.72. The maximum absolute atomic E-state index is 6.42. The Morgan fingerprint density at radius 2 is 0.829 bits per heavy atom. The molecule has 0 N–H and O–H groups in total. The summed E-state index contributed by atoms with van der Waals surface area (Å²) in [6, 6.07) is 17.4. The smallest absolute Gasteiger partial charge is 0.130 e. The second-order valence-corrected chi connectivity index (χ2v) is 12.6. The van der Waals surface area contributed by atoms with Gasteiger partial charge in [0.15, 0.2) is 0 Å². The number of hydrogen-bond acceptors (Lipinski definition) is 1. The van der Waals surface area contributed by atoms with E-state index in [-0.39, 0.29) is 0 Å². The lowest BCUT2D eigenvalue weighted by atomic mass is 9.99. The molecule has 0 radical (unpaired) electrons. The first kappa shape index (κ1) is 35.4. The molecule has 0 unspecified atom stereocenters. The topological polar surface area (TPSA) is 9.23 Å². The van der Waals surface area contributed by atoms with Crippen LogP contribution in [0.2, 0.25) is 0 Å². The van der Waals surface area contributed by atoms with Crippen molar-refractivity contribution in [2.75, 3.05) is 0 Å². The summed E-state index contributed by atoms with van der Waals surface area (Å²) in [4.78, 5) is 0. The fourth-order valence-electron chi connectivity index (χ4n) is 6.00. The molecule has 41 heavy (non-hydrogen) atoms. The Balaban J connectivity index is 1.64. The average molecular weight is 563 g/mol. The van der Waals surface area contributed by atoms with Crippen molar-refractivity contribution in [3.8, 4) is 11.5 Å². The van der Waals surface area contributed by atoms with Gasteiger partial charge in [0.1, 0.15) is 11.5 Å². The Kier molecular flexibility index (Phi) is 22.4. The van der Waals surface area contributed by atoms with Crippen LogP contribution in [0.3, 0.4) is 0 Å². The molecular weight excluding hydrogens is 496 g/mol. The third kappa shape index (κ3) is 19.1. The Morgan fingerprint density at radius 3 is 1.29 bits per heavy atom. The molecule has 0 aliphatic carbocycles. The molecule has 0 saturated heterocycles. The molecule has 0 bridgehead atoms. The number of hydrogen-bond donors (Lipinski definition) is 0. The lowest BCUT2D eigenvalue weighted by molar-refractivity contribution is 0.472. The van der Waals surface area contributed by atoms with E-state index in [1.54, 1.807) is 0 Å². The molecule has 2 aromatic rings. The van der Waals surface area contributed by atoms with Gasteiger partial charge in [-0.2, -0.15) is 0 Å². The van der Waals surface area contributed by atoms with Crippen LogP contribution >= 0.6 is 0 Å². The van der Waals surface area contributed by atoms with Gasteiger partial charge in [0, 0.05) is 0 Å². The second-order valence-electron chi connectivity index (χ2n) is 12.6. The van der Waals surface area contributed by atoms with E-state index in [2.05, 4.69) is 62.4 Å². The minimum atomic E-state index is 0.950. The van der Waals surface area contributed by atoms with E-state index in [9.17, 15) is 0 Å². The first-order valence-corrected chi connectivity index (χ1v) is 18.2. The standard InChI is InChI=1S/C40H66O/c1-3-5-7-9-11-13-15-17-19-21-23-26-30-37-34-35-38(40(36-37)41-39-32-28-25-29-33-39)31-27-24-22-20-18-16-14-12-10-8-6-4-2/h25,28-29,32-36H,3-24,26-27,30-31H2,1-2H3. The summed E-state index contributed by atoms with van der Waals surface area (Å²) >= 11 is 0. The molecule has 232 valence electrons. The van der Waals surface area contributed by atoms with Crippen molar-refractivity contribution in [3.05, 3.63) is 59.7 Å². The molecule has 0 aliphatic heterocycles. The highest BCUT2D eigenvalue weighted by atomic mass is 16.5. The molecule has 2 rings (SSSR count). The van der Waals surface area contributed by atoms with E-state index < -0.39 is 0 Å². The molecule has 0 aliphatic rings. The zero-order chi connectivity index (χ0) is 29.1. The van der Waals surface area contributed by atoms with Crippen molar-refractivity contribution in [1.82, 2.24) is 0 Å². The summed E-state index contributed by atoms with van der Waals surface area (Å²) in [7, 11) is 0. The monoisotopic (exact) mass is 563 g/mol. The number of rotatable bonds is 28. The lowest BCUT2D eigenvalue weighted by Crippen LogP contribution is -1.96. The van der Waals surface area contributed by atoms with Gasteiger partial charge in [0.25, 0.3) is 0 Å². The molecule has 0 amide bonds. The van der Waals surface area contributed by atoms with E-state index in [1.165, 1.54) is 172 Å². The molecule has 0 spiro atoms. The molecule has 0 heterocycles. The SMILES string of the molecule is CCCCCCCCCCCCCCc1ccc(CCCCCCCCCCCCCC)c(Oc2ccccc2)c1. The highest BCUT2D eigenvalue weighted by molar-refractivity contribution is 5.41. The van der Waals surface area contributed by atoms with Crippen LogP contribution in [0.25, 0.3) is 0 Å². The number of para-hydroxylation sites is 1. The van der Waals surface area contributed by atoms with Crippen molar-refractivity contribution in [1.29, 1.82) is 0 Å². The van der Waals surface area contributed by atoms with E-state index in [1.807, 2.05) is 0 Å². The van der Waals surface area contributed by atoms with Crippen LogP contribution in [0, 0.1) is 0 Å². The predicted molar refractivity (Wildman–Crippen MR) is 183 cm³/mol. The Bertz CT molecular complexity index is 826. The van der Waals surface area contributed by atoms with Crippen LogP contribution in [0.15, 0.2) is 48.5 Å². The van der Waals surface area contributed by atoms with Gasteiger partial charge in [-0.3, -0.25) is 0 Å². The van der Waals surface area contributed by atoms with Gasteiger partial charge in [-0.25, -0.2) is 0 Å². The summed E-state index contributed by atoms with van der Waals surface area (Å²) in [5.41, 5.74) is 2.81. The molecule has 1 nitrogen and oxygen atoms in total. The van der Waals surface area contributed by atoms with Gasteiger partial charge in [0.2, 0.25) is 0 Å². The maximum atomic E-state index is 6.42. The highest BCUT2D eigenvalue weighted by Crippen LogP contribution is 2.29. The van der Waals surface area contributed by atoms with Crippen molar-refractivity contribution in [2.24, 2.45) is 0 Å². The van der Waals surface area contributed by atoms with Crippen LogP contribution in [0.1, 0.15) is 179 Å². The number of ether oxygens (including phenoxy) is 1. The van der Waals surface area contributed by atoms with Crippen molar-refractivity contribution in [2.45, 2.75) is 181 Å². The number of benzene rings is 2. The summed E-state index contributed by atoms with van der Waals surface area (Å²) in [6.07, 6.45) is 35.9. The first-order chi connectivity index (χ1) is 20.3. The summed E-state index contributed by atoms with van der Waals surface area (Å²) < 4.78 is 6.42. The molecule has 0 fully saturated rings. The second kappa shape index (κ2) is 25.9. The van der Waals surface area contributed by atoms with Gasteiger partial charge in [-0.15, -0.1) is 0 Å². The summed E-state index contributed by atoms with van der Waals surface area (Å²) in [5, 5.41) is 0. The molecule has 1 heteroatoms. The van der Waals surface area contributed by atoms with Crippen LogP contribution in [0.4, 0.5) is 0 Å². The normalized spacial score (nSPS) is 11.3. The summed E-state index contributed by atoms with van der Waals surface area (Å²) in [5.74, 6) is 2.03. The van der Waals surface area contributed by atoms with Crippen molar-refractivity contribution < 1.29 is 4.74 Å². The third-order valence-corrected chi connectivity index (χ3v) is 8.72. The molecule has 0 atom stereocenters. The molecule has 2 aromatic carbocycles.